The SMILES string of the molecule is COc1cccc2c1NC(=O)CC2C(=O)O. The van der Waals surface area contributed by atoms with E-state index < -0.39 is 11.9 Å². The molecule has 1 aliphatic heterocycles. The average molecular weight is 221 g/mol. The molecule has 5 heteroatoms. The van der Waals surface area contributed by atoms with E-state index in [9.17, 15) is 9.59 Å². The van der Waals surface area contributed by atoms with Crippen molar-refractivity contribution in [2.24, 2.45) is 0 Å². The maximum absolute atomic E-state index is 11.4. The van der Waals surface area contributed by atoms with Crippen LogP contribution in [0.5, 0.6) is 5.75 Å². The lowest BCUT2D eigenvalue weighted by Gasteiger charge is -2.24. The second kappa shape index (κ2) is 3.84. The number of hydrogen-bond acceptors (Lipinski definition) is 3. The quantitative estimate of drug-likeness (QED) is 0.786. The lowest BCUT2D eigenvalue weighted by Crippen LogP contribution is -2.27. The summed E-state index contributed by atoms with van der Waals surface area (Å²) in [6.07, 6.45) is -0.0322. The van der Waals surface area contributed by atoms with E-state index in [1.165, 1.54) is 7.11 Å². The van der Waals surface area contributed by atoms with E-state index in [1.54, 1.807) is 18.2 Å². The molecule has 5 nitrogen and oxygen atoms in total. The van der Waals surface area contributed by atoms with Gasteiger partial charge in [0.05, 0.1) is 18.7 Å². The molecule has 0 fully saturated rings. The van der Waals surface area contributed by atoms with Crippen molar-refractivity contribution in [2.75, 3.05) is 12.4 Å². The van der Waals surface area contributed by atoms with E-state index in [1.807, 2.05) is 0 Å². The minimum Gasteiger partial charge on any atom is -0.495 e. The summed E-state index contributed by atoms with van der Waals surface area (Å²) in [4.78, 5) is 22.4. The fraction of sp³-hybridized carbons (Fsp3) is 0.273. The third kappa shape index (κ3) is 1.60. The molecule has 0 radical (unpaired) electrons. The largest absolute Gasteiger partial charge is 0.495 e. The topological polar surface area (TPSA) is 75.6 Å². The number of hydrogen-bond donors (Lipinski definition) is 2. The first kappa shape index (κ1) is 10.5. The molecular formula is C11H11NO4. The zero-order valence-electron chi connectivity index (χ0n) is 8.69. The van der Waals surface area contributed by atoms with Crippen LogP contribution < -0.4 is 10.1 Å². The number of ether oxygens (including phenoxy) is 1. The van der Waals surface area contributed by atoms with E-state index in [4.69, 9.17) is 9.84 Å². The van der Waals surface area contributed by atoms with E-state index in [0.717, 1.165) is 0 Å². The first-order chi connectivity index (χ1) is 7.63. The van der Waals surface area contributed by atoms with Crippen molar-refractivity contribution in [2.45, 2.75) is 12.3 Å². The zero-order valence-corrected chi connectivity index (χ0v) is 8.69. The molecular weight excluding hydrogens is 210 g/mol. The van der Waals surface area contributed by atoms with Gasteiger partial charge in [-0.1, -0.05) is 12.1 Å². The summed E-state index contributed by atoms with van der Waals surface area (Å²) in [5.41, 5.74) is 1.06. The average Bonchev–Trinajstić information content (AvgIpc) is 2.27. The van der Waals surface area contributed by atoms with E-state index in [-0.39, 0.29) is 12.3 Å². The summed E-state index contributed by atoms with van der Waals surface area (Å²) in [7, 11) is 1.48. The summed E-state index contributed by atoms with van der Waals surface area (Å²) >= 11 is 0. The Kier molecular flexibility index (Phi) is 2.52. The number of carbonyl (C=O) groups excluding carboxylic acids is 1. The highest BCUT2D eigenvalue weighted by atomic mass is 16.5. The molecule has 16 heavy (non-hydrogen) atoms. The number of para-hydroxylation sites is 1. The smallest absolute Gasteiger partial charge is 0.311 e. The molecule has 0 aromatic heterocycles. The van der Waals surface area contributed by atoms with Crippen LogP contribution in [-0.2, 0) is 9.59 Å². The van der Waals surface area contributed by atoms with Crippen LogP contribution in [0.2, 0.25) is 0 Å². The summed E-state index contributed by atoms with van der Waals surface area (Å²) < 4.78 is 5.08. The molecule has 0 aliphatic carbocycles. The molecule has 2 rings (SSSR count). The first-order valence-electron chi connectivity index (χ1n) is 4.83. The lowest BCUT2D eigenvalue weighted by atomic mass is 9.90. The standard InChI is InChI=1S/C11H11NO4/c1-16-8-4-2-3-6-7(11(14)15)5-9(13)12-10(6)8/h2-4,7H,5H2,1H3,(H,12,13)(H,14,15). The number of benzene rings is 1. The molecule has 1 unspecified atom stereocenters. The second-order valence-electron chi connectivity index (χ2n) is 3.57. The zero-order chi connectivity index (χ0) is 11.7. The van der Waals surface area contributed by atoms with Crippen molar-refractivity contribution < 1.29 is 19.4 Å². The molecule has 0 bridgehead atoms. The van der Waals surface area contributed by atoms with E-state index in [0.29, 0.717) is 17.0 Å². The number of aliphatic carboxylic acids is 1. The molecule has 1 heterocycles. The number of anilines is 1. The fourth-order valence-corrected chi connectivity index (χ4v) is 1.85. The summed E-state index contributed by atoms with van der Waals surface area (Å²) in [6.45, 7) is 0. The minimum absolute atomic E-state index is 0.0322. The fourth-order valence-electron chi connectivity index (χ4n) is 1.85. The highest BCUT2D eigenvalue weighted by Gasteiger charge is 2.31. The van der Waals surface area contributed by atoms with Gasteiger partial charge in [0.15, 0.2) is 0 Å². The number of amides is 1. The van der Waals surface area contributed by atoms with Gasteiger partial charge >= 0.3 is 5.97 Å². The Morgan fingerprint density at radius 2 is 2.31 bits per heavy atom. The number of carboxylic acid groups (broad SMARTS) is 1. The van der Waals surface area contributed by atoms with Crippen LogP contribution in [0.15, 0.2) is 18.2 Å². The summed E-state index contributed by atoms with van der Waals surface area (Å²) in [5.74, 6) is -1.61. The molecule has 1 aromatic carbocycles. The van der Waals surface area contributed by atoms with Crippen LogP contribution in [-0.4, -0.2) is 24.1 Å². The molecule has 1 aromatic rings. The Morgan fingerprint density at radius 3 is 2.94 bits per heavy atom. The molecule has 1 aliphatic rings. The first-order valence-corrected chi connectivity index (χ1v) is 4.83. The predicted molar refractivity (Wildman–Crippen MR) is 56.6 cm³/mol. The Bertz CT molecular complexity index is 455. The van der Waals surface area contributed by atoms with Gasteiger partial charge in [-0.15, -0.1) is 0 Å². The maximum atomic E-state index is 11.4. The molecule has 84 valence electrons. The highest BCUT2D eigenvalue weighted by Crippen LogP contribution is 2.38. The minimum atomic E-state index is -0.996. The van der Waals surface area contributed by atoms with Gasteiger partial charge in [-0.05, 0) is 11.6 Å². The van der Waals surface area contributed by atoms with Crippen molar-refractivity contribution in [3.05, 3.63) is 23.8 Å². The van der Waals surface area contributed by atoms with Crippen molar-refractivity contribution in [1.29, 1.82) is 0 Å². The molecule has 0 saturated carbocycles. The van der Waals surface area contributed by atoms with Crippen LogP contribution in [0.1, 0.15) is 17.9 Å². The van der Waals surface area contributed by atoms with Crippen molar-refractivity contribution in [3.63, 3.8) is 0 Å². The van der Waals surface area contributed by atoms with Crippen LogP contribution >= 0.6 is 0 Å². The third-order valence-corrected chi connectivity index (χ3v) is 2.61. The van der Waals surface area contributed by atoms with Gasteiger partial charge < -0.3 is 15.2 Å². The Hall–Kier alpha value is -2.04. The molecule has 0 saturated heterocycles. The van der Waals surface area contributed by atoms with Crippen LogP contribution in [0, 0.1) is 0 Å². The normalized spacial score (nSPS) is 18.6. The number of methoxy groups -OCH3 is 1. The van der Waals surface area contributed by atoms with Gasteiger partial charge in [0.1, 0.15) is 5.75 Å². The lowest BCUT2D eigenvalue weighted by molar-refractivity contribution is -0.140. The van der Waals surface area contributed by atoms with Crippen LogP contribution in [0.3, 0.4) is 0 Å². The summed E-state index contributed by atoms with van der Waals surface area (Å²) in [5, 5.41) is 11.7. The molecule has 1 amide bonds. The predicted octanol–water partition coefficient (Wildman–Crippen LogP) is 1.21. The van der Waals surface area contributed by atoms with Crippen LogP contribution in [0.4, 0.5) is 5.69 Å². The number of rotatable bonds is 2. The second-order valence-corrected chi connectivity index (χ2v) is 3.57. The molecule has 2 N–H and O–H groups in total. The van der Waals surface area contributed by atoms with Gasteiger partial charge in [0.25, 0.3) is 0 Å². The van der Waals surface area contributed by atoms with E-state index >= 15 is 0 Å². The van der Waals surface area contributed by atoms with Crippen LogP contribution in [0.25, 0.3) is 0 Å². The maximum Gasteiger partial charge on any atom is 0.311 e. The van der Waals surface area contributed by atoms with Gasteiger partial charge in [-0.3, -0.25) is 9.59 Å². The number of carboxylic acids is 1. The highest BCUT2D eigenvalue weighted by molar-refractivity contribution is 6.01. The van der Waals surface area contributed by atoms with Crippen molar-refractivity contribution in [3.8, 4) is 5.75 Å². The Balaban J connectivity index is 2.55. The third-order valence-electron chi connectivity index (χ3n) is 2.61. The van der Waals surface area contributed by atoms with Gasteiger partial charge in [-0.2, -0.15) is 0 Å². The number of carbonyl (C=O) groups is 2. The van der Waals surface area contributed by atoms with Gasteiger partial charge in [0.2, 0.25) is 5.91 Å². The Labute approximate surface area is 92.0 Å². The molecule has 0 spiro atoms. The Morgan fingerprint density at radius 1 is 1.56 bits per heavy atom. The van der Waals surface area contributed by atoms with Crippen molar-refractivity contribution >= 4 is 17.6 Å². The number of nitrogens with one attached hydrogen (secondary N) is 1. The van der Waals surface area contributed by atoms with Gasteiger partial charge in [-0.25, -0.2) is 0 Å². The monoisotopic (exact) mass is 221 g/mol. The number of fused-ring (bicyclic) bond motifs is 1. The summed E-state index contributed by atoms with van der Waals surface area (Å²) in [6, 6.07) is 5.09. The van der Waals surface area contributed by atoms with Gasteiger partial charge in [0, 0.05) is 6.42 Å². The molecule has 1 atom stereocenters. The van der Waals surface area contributed by atoms with E-state index in [2.05, 4.69) is 5.32 Å². The van der Waals surface area contributed by atoms with Crippen molar-refractivity contribution in [1.82, 2.24) is 0 Å².